The van der Waals surface area contributed by atoms with Crippen LogP contribution in [0.3, 0.4) is 0 Å². The minimum absolute atomic E-state index is 0. The van der Waals surface area contributed by atoms with Crippen LogP contribution >= 0.6 is 51.0 Å². The average Bonchev–Trinajstić information content (AvgIpc) is 3.36. The molecule has 1 amide bonds. The third-order valence-electron chi connectivity index (χ3n) is 5.38. The number of thiazole rings is 1. The minimum atomic E-state index is -0.609. The first-order valence-corrected chi connectivity index (χ1v) is 11.9. The molecule has 4 heterocycles. The van der Waals surface area contributed by atoms with Gasteiger partial charge in [0.25, 0.3) is 5.91 Å². The zero-order valence-corrected chi connectivity index (χ0v) is 20.1. The molecule has 0 aliphatic carbocycles. The first kappa shape index (κ1) is 22.2. The van der Waals surface area contributed by atoms with Crippen LogP contribution in [0.4, 0.5) is 10.1 Å². The summed E-state index contributed by atoms with van der Waals surface area (Å²) in [6, 6.07) is 6.81. The molecule has 1 aromatic carbocycles. The maximum Gasteiger partial charge on any atom is 0.265 e. The molecule has 0 atom stereocenters. The number of carbonyl (C=O) groups is 1. The smallest absolute Gasteiger partial charge is 0.265 e. The number of benzene rings is 1. The fourth-order valence-electron chi connectivity index (χ4n) is 3.85. The molecule has 31 heavy (non-hydrogen) atoms. The lowest BCUT2D eigenvalue weighted by Crippen LogP contribution is -2.52. The number of amidine groups is 1. The van der Waals surface area contributed by atoms with Gasteiger partial charge < -0.3 is 16.0 Å². The second kappa shape index (κ2) is 8.50. The van der Waals surface area contributed by atoms with E-state index in [0.717, 1.165) is 14.4 Å². The van der Waals surface area contributed by atoms with Gasteiger partial charge in [-0.25, -0.2) is 14.4 Å². The fourth-order valence-corrected chi connectivity index (χ4v) is 6.54. The summed E-state index contributed by atoms with van der Waals surface area (Å²) < 4.78 is 15.1. The number of aliphatic imine (C=N–C) groups is 1. The average molecular weight is 543 g/mol. The van der Waals surface area contributed by atoms with Gasteiger partial charge in [0.1, 0.15) is 27.2 Å². The summed E-state index contributed by atoms with van der Waals surface area (Å²) in [4.78, 5) is 25.5. The zero-order chi connectivity index (χ0) is 20.9. The number of thiophene rings is 1. The number of halogens is 3. The molecule has 1 saturated heterocycles. The van der Waals surface area contributed by atoms with Crippen molar-refractivity contribution in [1.29, 1.82) is 0 Å². The van der Waals surface area contributed by atoms with E-state index in [0.29, 0.717) is 42.1 Å². The largest absolute Gasteiger partial charge is 0.383 e. The number of amides is 1. The van der Waals surface area contributed by atoms with Crippen LogP contribution in [0, 0.1) is 5.82 Å². The number of aromatic nitrogens is 1. The molecule has 3 aromatic rings. The van der Waals surface area contributed by atoms with Crippen molar-refractivity contribution in [2.45, 2.75) is 18.5 Å². The van der Waals surface area contributed by atoms with E-state index in [1.165, 1.54) is 17.4 Å². The lowest BCUT2D eigenvalue weighted by molar-refractivity contribution is 0.0690. The highest BCUT2D eigenvalue weighted by Crippen LogP contribution is 2.38. The van der Waals surface area contributed by atoms with Crippen molar-refractivity contribution in [3.8, 4) is 9.88 Å². The number of nitrogens with two attached hydrogens (primary N) is 1. The van der Waals surface area contributed by atoms with Crippen LogP contribution in [0.15, 0.2) is 45.3 Å². The van der Waals surface area contributed by atoms with Crippen molar-refractivity contribution in [3.05, 3.63) is 56.6 Å². The lowest BCUT2D eigenvalue weighted by atomic mass is 9.93. The predicted octanol–water partition coefficient (Wildman–Crippen LogP) is 4.96. The molecule has 2 aliphatic heterocycles. The van der Waals surface area contributed by atoms with Crippen LogP contribution in [0.5, 0.6) is 0 Å². The van der Waals surface area contributed by atoms with Gasteiger partial charge in [-0.2, -0.15) is 0 Å². The molecule has 5 rings (SSSR count). The Bertz CT molecular complexity index is 1170. The maximum atomic E-state index is 14.1. The van der Waals surface area contributed by atoms with Crippen molar-refractivity contribution in [1.82, 2.24) is 9.88 Å². The summed E-state index contributed by atoms with van der Waals surface area (Å²) in [7, 11) is 0. The molecule has 0 radical (unpaired) electrons. The molecule has 2 aliphatic rings. The summed E-state index contributed by atoms with van der Waals surface area (Å²) in [6.45, 7) is 1.06. The molecule has 6 nitrogen and oxygen atoms in total. The van der Waals surface area contributed by atoms with Gasteiger partial charge in [-0.15, -0.1) is 35.1 Å². The Morgan fingerprint density at radius 3 is 2.77 bits per heavy atom. The molecule has 0 unspecified atom stereocenters. The van der Waals surface area contributed by atoms with E-state index in [4.69, 9.17) is 5.73 Å². The van der Waals surface area contributed by atoms with Crippen molar-refractivity contribution in [3.63, 3.8) is 0 Å². The van der Waals surface area contributed by atoms with E-state index in [2.05, 4.69) is 31.2 Å². The van der Waals surface area contributed by atoms with E-state index in [-0.39, 0.29) is 30.0 Å². The van der Waals surface area contributed by atoms with Gasteiger partial charge in [-0.05, 0) is 39.5 Å². The summed E-state index contributed by atoms with van der Waals surface area (Å²) in [5.41, 5.74) is 6.44. The van der Waals surface area contributed by atoms with Crippen LogP contribution in [0.1, 0.15) is 28.1 Å². The van der Waals surface area contributed by atoms with Crippen molar-refractivity contribution < 1.29 is 9.18 Å². The molecular weight excluding hydrogens is 525 g/mol. The Kier molecular flexibility index (Phi) is 6.08. The monoisotopic (exact) mass is 541 g/mol. The van der Waals surface area contributed by atoms with Crippen LogP contribution < -0.4 is 11.1 Å². The van der Waals surface area contributed by atoms with Gasteiger partial charge >= 0.3 is 0 Å². The maximum absolute atomic E-state index is 14.1. The topological polar surface area (TPSA) is 83.6 Å². The van der Waals surface area contributed by atoms with Crippen LogP contribution in [0.25, 0.3) is 9.88 Å². The number of carbonyl (C=O) groups excluding carboxylic acids is 1. The molecule has 0 bridgehead atoms. The predicted molar refractivity (Wildman–Crippen MR) is 129 cm³/mol. The first-order valence-electron chi connectivity index (χ1n) is 9.37. The van der Waals surface area contributed by atoms with Crippen molar-refractivity contribution >= 4 is 68.4 Å². The normalized spacial score (nSPS) is 16.8. The van der Waals surface area contributed by atoms with Gasteiger partial charge in [0.2, 0.25) is 0 Å². The van der Waals surface area contributed by atoms with E-state index < -0.39 is 5.66 Å². The van der Waals surface area contributed by atoms with Crippen LogP contribution in [0.2, 0.25) is 0 Å². The third-order valence-corrected chi connectivity index (χ3v) is 8.35. The highest BCUT2D eigenvalue weighted by molar-refractivity contribution is 9.10. The molecule has 3 N–H and O–H groups in total. The number of hydrogen-bond acceptors (Lipinski definition) is 7. The van der Waals surface area contributed by atoms with Gasteiger partial charge in [0, 0.05) is 36.1 Å². The van der Waals surface area contributed by atoms with Crippen LogP contribution in [-0.2, 0) is 0 Å². The van der Waals surface area contributed by atoms with E-state index >= 15 is 0 Å². The Balaban J connectivity index is 0.00000231. The SMILES string of the molecule is Cl.NC1=NC2(CCN(C(=O)c3cnc(-c4sccc4Br)s3)CC2)Nc2cccc(F)c21. The molecule has 1 spiro atoms. The van der Waals surface area contributed by atoms with E-state index in [1.54, 1.807) is 29.7 Å². The summed E-state index contributed by atoms with van der Waals surface area (Å²) >= 11 is 6.50. The first-order chi connectivity index (χ1) is 14.5. The minimum Gasteiger partial charge on any atom is -0.383 e. The number of nitrogens with zero attached hydrogens (tertiary/aromatic N) is 3. The third kappa shape index (κ3) is 3.97. The molecule has 162 valence electrons. The zero-order valence-electron chi connectivity index (χ0n) is 16.1. The van der Waals surface area contributed by atoms with Crippen LogP contribution in [-0.4, -0.2) is 40.4 Å². The Morgan fingerprint density at radius 1 is 1.29 bits per heavy atom. The number of hydrogen-bond donors (Lipinski definition) is 2. The standard InChI is InChI=1S/C20H17BrFN5OS2.ClH/c21-11-4-9-29-16(11)18-24-10-14(30-18)19(28)27-7-5-20(6-8-27)25-13-3-1-2-12(22)15(13)17(23)26-20;/h1-4,9-10,25H,5-8H2,(H2,23,26);1H. The second-order valence-corrected chi connectivity index (χ2v) is 10.0. The molecule has 0 saturated carbocycles. The van der Waals surface area contributed by atoms with Gasteiger partial charge in [0.05, 0.1) is 16.6 Å². The Morgan fingerprint density at radius 2 is 2.06 bits per heavy atom. The van der Waals surface area contributed by atoms with E-state index in [9.17, 15) is 9.18 Å². The molecule has 11 heteroatoms. The lowest BCUT2D eigenvalue weighted by Gasteiger charge is -2.42. The Hall–Kier alpha value is -2.01. The molecular formula is C20H18BrClFN5OS2. The highest BCUT2D eigenvalue weighted by atomic mass is 79.9. The number of likely N-dealkylation sites (tertiary alicyclic amines) is 1. The van der Waals surface area contributed by atoms with E-state index in [1.807, 2.05) is 16.3 Å². The number of piperidine rings is 1. The quantitative estimate of drug-likeness (QED) is 0.480. The van der Waals surface area contributed by atoms with Crippen molar-refractivity contribution in [2.24, 2.45) is 10.7 Å². The Labute approximate surface area is 200 Å². The van der Waals surface area contributed by atoms with Gasteiger partial charge in [0.15, 0.2) is 0 Å². The number of rotatable bonds is 2. The van der Waals surface area contributed by atoms with Crippen molar-refractivity contribution in [2.75, 3.05) is 18.4 Å². The number of fused-ring (bicyclic) bond motifs is 1. The summed E-state index contributed by atoms with van der Waals surface area (Å²) in [6.07, 6.45) is 2.84. The molecule has 1 fully saturated rings. The van der Waals surface area contributed by atoms with Gasteiger partial charge in [-0.3, -0.25) is 4.79 Å². The highest BCUT2D eigenvalue weighted by Gasteiger charge is 2.39. The molecule has 2 aromatic heterocycles. The second-order valence-electron chi connectivity index (χ2n) is 7.24. The van der Waals surface area contributed by atoms with Gasteiger partial charge in [-0.1, -0.05) is 6.07 Å². The fraction of sp³-hybridized carbons (Fsp3) is 0.250. The summed E-state index contributed by atoms with van der Waals surface area (Å²) in [5, 5.41) is 6.17. The number of anilines is 1. The summed E-state index contributed by atoms with van der Waals surface area (Å²) in [5.74, 6) is -0.210. The number of nitrogens with one attached hydrogen (secondary N) is 1.